The van der Waals surface area contributed by atoms with Crippen molar-refractivity contribution < 1.29 is 14.4 Å². The second kappa shape index (κ2) is 8.01. The van der Waals surface area contributed by atoms with Gasteiger partial charge in [-0.05, 0) is 48.1 Å². The van der Waals surface area contributed by atoms with Crippen LogP contribution in [0.2, 0.25) is 5.02 Å². The molecule has 3 fully saturated rings. The van der Waals surface area contributed by atoms with Gasteiger partial charge in [-0.2, -0.15) is 5.01 Å². The van der Waals surface area contributed by atoms with Gasteiger partial charge in [-0.15, -0.1) is 0 Å². The minimum atomic E-state index is -0.402. The van der Waals surface area contributed by atoms with Gasteiger partial charge in [-0.3, -0.25) is 14.4 Å². The highest BCUT2D eigenvalue weighted by molar-refractivity contribution is 9.12. The van der Waals surface area contributed by atoms with Gasteiger partial charge in [0.2, 0.25) is 0 Å². The van der Waals surface area contributed by atoms with E-state index in [0.29, 0.717) is 10.6 Å². The van der Waals surface area contributed by atoms with Gasteiger partial charge in [-0.1, -0.05) is 73.8 Å². The topological polar surface area (TPSA) is 57.7 Å². The fourth-order valence-corrected chi connectivity index (χ4v) is 7.30. The standard InChI is InChI=1S/C23H19Br2ClN2O3/c24-19-15-10-16(20(19)25)18-17(15)22(30)28(23(18)31)27(11-12-4-2-1-3-5-12)21(29)13-6-8-14(26)9-7-13/h1-9,15-20H,10-11H2/t15-,16-,17-,18+,19+,20+/m1/s1. The molecule has 2 aliphatic carbocycles. The number of rotatable bonds is 4. The second-order valence-corrected chi connectivity index (χ2v) is 10.9. The zero-order valence-electron chi connectivity index (χ0n) is 16.3. The highest BCUT2D eigenvalue weighted by Gasteiger charge is 2.67. The molecule has 2 aromatic rings. The number of halogens is 3. The summed E-state index contributed by atoms with van der Waals surface area (Å²) < 4.78 is 0. The number of fused-ring (bicyclic) bond motifs is 5. The highest BCUT2D eigenvalue weighted by Crippen LogP contribution is 2.60. The first-order chi connectivity index (χ1) is 14.9. The Balaban J connectivity index is 1.52. The summed E-state index contributed by atoms with van der Waals surface area (Å²) in [6.45, 7) is 0.129. The van der Waals surface area contributed by atoms with Crippen LogP contribution in [0.1, 0.15) is 22.3 Å². The molecule has 1 heterocycles. The van der Waals surface area contributed by atoms with Gasteiger partial charge in [-0.25, -0.2) is 5.01 Å². The predicted molar refractivity (Wildman–Crippen MR) is 124 cm³/mol. The maximum atomic E-state index is 13.5. The van der Waals surface area contributed by atoms with Crippen molar-refractivity contribution in [3.8, 4) is 0 Å². The van der Waals surface area contributed by atoms with Gasteiger partial charge in [0.15, 0.2) is 0 Å². The van der Waals surface area contributed by atoms with Crippen molar-refractivity contribution >= 4 is 61.2 Å². The minimum Gasteiger partial charge on any atom is -0.272 e. The number of alkyl halides is 2. The number of benzene rings is 2. The maximum Gasteiger partial charge on any atom is 0.273 e. The first kappa shape index (κ1) is 21.2. The van der Waals surface area contributed by atoms with Crippen LogP contribution in [-0.4, -0.2) is 37.4 Å². The molecule has 1 saturated heterocycles. The van der Waals surface area contributed by atoms with E-state index >= 15 is 0 Å². The highest BCUT2D eigenvalue weighted by atomic mass is 79.9. The van der Waals surface area contributed by atoms with Gasteiger partial charge >= 0.3 is 0 Å². The molecule has 0 unspecified atom stereocenters. The van der Waals surface area contributed by atoms with E-state index in [1.807, 2.05) is 30.3 Å². The molecule has 8 heteroatoms. The van der Waals surface area contributed by atoms with E-state index in [4.69, 9.17) is 11.6 Å². The number of amides is 3. The lowest BCUT2D eigenvalue weighted by Gasteiger charge is -2.31. The normalized spacial score (nSPS) is 31.3. The lowest BCUT2D eigenvalue weighted by Crippen LogP contribution is -2.50. The van der Waals surface area contributed by atoms with Crippen molar-refractivity contribution in [2.75, 3.05) is 0 Å². The van der Waals surface area contributed by atoms with E-state index in [1.54, 1.807) is 24.3 Å². The molecular formula is C23H19Br2ClN2O3. The van der Waals surface area contributed by atoms with Crippen LogP contribution in [0.3, 0.4) is 0 Å². The predicted octanol–water partition coefficient (Wildman–Crippen LogP) is 4.68. The van der Waals surface area contributed by atoms with E-state index in [2.05, 4.69) is 31.9 Å². The van der Waals surface area contributed by atoms with Crippen LogP contribution in [-0.2, 0) is 16.1 Å². The molecule has 160 valence electrons. The number of imide groups is 1. The van der Waals surface area contributed by atoms with Crippen LogP contribution in [0.5, 0.6) is 0 Å². The summed E-state index contributed by atoms with van der Waals surface area (Å²) >= 11 is 13.4. The minimum absolute atomic E-state index is 0.0880. The third-order valence-corrected chi connectivity index (χ3v) is 10.2. The van der Waals surface area contributed by atoms with Crippen molar-refractivity contribution in [2.45, 2.75) is 22.6 Å². The van der Waals surface area contributed by atoms with E-state index < -0.39 is 5.91 Å². The molecule has 31 heavy (non-hydrogen) atoms. The number of hydrogen-bond donors (Lipinski definition) is 0. The Morgan fingerprint density at radius 3 is 2.03 bits per heavy atom. The molecule has 0 N–H and O–H groups in total. The summed E-state index contributed by atoms with van der Waals surface area (Å²) in [5.41, 5.74) is 1.21. The number of nitrogens with zero attached hydrogens (tertiary/aromatic N) is 2. The van der Waals surface area contributed by atoms with Gasteiger partial charge in [0.1, 0.15) is 0 Å². The largest absolute Gasteiger partial charge is 0.273 e. The zero-order chi connectivity index (χ0) is 21.9. The van der Waals surface area contributed by atoms with Crippen molar-refractivity contribution in [2.24, 2.45) is 23.7 Å². The maximum absolute atomic E-state index is 13.5. The summed E-state index contributed by atoms with van der Waals surface area (Å²) in [7, 11) is 0. The van der Waals surface area contributed by atoms with E-state index in [1.165, 1.54) is 5.01 Å². The van der Waals surface area contributed by atoms with Crippen LogP contribution < -0.4 is 0 Å². The third kappa shape index (κ3) is 3.36. The molecule has 3 aliphatic rings. The smallest absolute Gasteiger partial charge is 0.272 e. The average Bonchev–Trinajstić information content (AvgIpc) is 3.38. The van der Waals surface area contributed by atoms with Crippen molar-refractivity contribution in [3.63, 3.8) is 0 Å². The summed E-state index contributed by atoms with van der Waals surface area (Å²) in [4.78, 5) is 40.8. The fourth-order valence-electron chi connectivity index (χ4n) is 5.30. The molecule has 0 spiro atoms. The average molecular weight is 567 g/mol. The van der Waals surface area contributed by atoms with Crippen molar-refractivity contribution in [1.29, 1.82) is 0 Å². The number of carbonyl (C=O) groups is 3. The molecule has 5 rings (SSSR count). The van der Waals surface area contributed by atoms with Gasteiger partial charge in [0, 0.05) is 20.2 Å². The fraction of sp³-hybridized carbons (Fsp3) is 0.348. The Hall–Kier alpha value is -1.70. The summed E-state index contributed by atoms with van der Waals surface area (Å²) in [5, 5.41) is 2.92. The summed E-state index contributed by atoms with van der Waals surface area (Å²) in [6, 6.07) is 15.9. The summed E-state index contributed by atoms with van der Waals surface area (Å²) in [5.74, 6) is -1.54. The van der Waals surface area contributed by atoms with Crippen molar-refractivity contribution in [3.05, 3.63) is 70.7 Å². The van der Waals surface area contributed by atoms with Gasteiger partial charge < -0.3 is 0 Å². The Kier molecular flexibility index (Phi) is 5.47. The van der Waals surface area contributed by atoms with Crippen molar-refractivity contribution in [1.82, 2.24) is 10.0 Å². The Morgan fingerprint density at radius 1 is 0.935 bits per heavy atom. The quantitative estimate of drug-likeness (QED) is 0.399. The Morgan fingerprint density at radius 2 is 1.48 bits per heavy atom. The molecule has 6 atom stereocenters. The third-order valence-electron chi connectivity index (χ3n) is 6.71. The lowest BCUT2D eigenvalue weighted by molar-refractivity contribution is -0.156. The van der Waals surface area contributed by atoms with Gasteiger partial charge in [0.25, 0.3) is 17.7 Å². The molecule has 0 aromatic heterocycles. The molecule has 2 saturated carbocycles. The van der Waals surface area contributed by atoms with Crippen LogP contribution in [0.25, 0.3) is 0 Å². The second-order valence-electron chi connectivity index (χ2n) is 8.35. The summed E-state index contributed by atoms with van der Waals surface area (Å²) in [6.07, 6.45) is 0.844. The monoisotopic (exact) mass is 564 g/mol. The molecule has 3 amide bonds. The number of hydrazine groups is 1. The number of carbonyl (C=O) groups excluding carboxylic acids is 3. The van der Waals surface area contributed by atoms with Crippen LogP contribution in [0.15, 0.2) is 54.6 Å². The van der Waals surface area contributed by atoms with Crippen LogP contribution >= 0.6 is 43.5 Å². The molecule has 0 radical (unpaired) electrons. The molecule has 5 nitrogen and oxygen atoms in total. The SMILES string of the molecule is O=C(c1ccc(Cl)cc1)N(Cc1ccccc1)N1C(=O)[C@@H]2[C@H]3C[C@@H]([C@H](Br)[C@H]3Br)[C@@H]2C1=O. The van der Waals surface area contributed by atoms with Crippen LogP contribution in [0, 0.1) is 23.7 Å². The Bertz CT molecular complexity index is 1020. The lowest BCUT2D eigenvalue weighted by atomic mass is 9.81. The molecule has 1 aliphatic heterocycles. The zero-order valence-corrected chi connectivity index (χ0v) is 20.3. The first-order valence-electron chi connectivity index (χ1n) is 10.2. The Labute approximate surface area is 201 Å². The molecular weight excluding hydrogens is 548 g/mol. The van der Waals surface area contributed by atoms with Crippen LogP contribution in [0.4, 0.5) is 0 Å². The molecule has 2 bridgehead atoms. The van der Waals surface area contributed by atoms with E-state index in [9.17, 15) is 14.4 Å². The van der Waals surface area contributed by atoms with Gasteiger partial charge in [0.05, 0.1) is 18.4 Å². The number of hydrogen-bond acceptors (Lipinski definition) is 3. The first-order valence-corrected chi connectivity index (χ1v) is 12.4. The van der Waals surface area contributed by atoms with E-state index in [-0.39, 0.29) is 51.7 Å². The molecule has 2 aromatic carbocycles. The van der Waals surface area contributed by atoms with E-state index in [0.717, 1.165) is 17.0 Å².